The molecular formula is C17H21N3O4S. The Morgan fingerprint density at radius 3 is 2.68 bits per heavy atom. The topological polar surface area (TPSA) is 92.5 Å². The van der Waals surface area contributed by atoms with Crippen molar-refractivity contribution >= 4 is 15.7 Å². The Balaban J connectivity index is 1.62. The number of carbonyl (C=O) groups is 1. The Morgan fingerprint density at radius 2 is 2.00 bits per heavy atom. The van der Waals surface area contributed by atoms with E-state index in [4.69, 9.17) is 0 Å². The Hall–Kier alpha value is -2.19. The molecule has 1 N–H and O–H groups in total. The predicted molar refractivity (Wildman–Crippen MR) is 91.4 cm³/mol. The molecular weight excluding hydrogens is 342 g/mol. The predicted octanol–water partition coefficient (Wildman–Crippen LogP) is 1.14. The molecule has 1 aromatic heterocycles. The van der Waals surface area contributed by atoms with E-state index in [9.17, 15) is 18.3 Å². The Morgan fingerprint density at radius 1 is 1.28 bits per heavy atom. The quantitative estimate of drug-likeness (QED) is 0.860. The summed E-state index contributed by atoms with van der Waals surface area (Å²) in [7, 11) is -3.46. The van der Waals surface area contributed by atoms with Crippen LogP contribution in [0.3, 0.4) is 0 Å². The van der Waals surface area contributed by atoms with E-state index < -0.39 is 15.9 Å². The molecule has 1 aliphatic rings. The summed E-state index contributed by atoms with van der Waals surface area (Å²) in [5, 5.41) is 13.9. The zero-order chi connectivity index (χ0) is 18.0. The number of aliphatic hydroxyl groups excluding tert-OH is 1. The molecule has 134 valence electrons. The van der Waals surface area contributed by atoms with Gasteiger partial charge in [-0.15, -0.1) is 0 Å². The minimum Gasteiger partial charge on any atom is -0.387 e. The van der Waals surface area contributed by atoms with E-state index in [1.807, 2.05) is 0 Å². The largest absolute Gasteiger partial charge is 0.387 e. The number of fused-ring (bicyclic) bond motifs is 1. The lowest BCUT2D eigenvalue weighted by Crippen LogP contribution is -2.39. The number of sulfone groups is 1. The van der Waals surface area contributed by atoms with Crippen molar-refractivity contribution in [2.24, 2.45) is 0 Å². The highest BCUT2D eigenvalue weighted by atomic mass is 32.2. The third-order valence-electron chi connectivity index (χ3n) is 4.28. The molecule has 0 bridgehead atoms. The average Bonchev–Trinajstić information content (AvgIpc) is 3.04. The summed E-state index contributed by atoms with van der Waals surface area (Å²) >= 11 is 0. The Bertz CT molecular complexity index is 859. The van der Waals surface area contributed by atoms with Crippen molar-refractivity contribution < 1.29 is 18.3 Å². The van der Waals surface area contributed by atoms with Gasteiger partial charge in [0.05, 0.1) is 41.2 Å². The fourth-order valence-corrected chi connectivity index (χ4v) is 4.08. The molecule has 7 nitrogen and oxygen atoms in total. The first-order chi connectivity index (χ1) is 11.9. The van der Waals surface area contributed by atoms with Crippen molar-refractivity contribution in [3.8, 4) is 0 Å². The van der Waals surface area contributed by atoms with E-state index in [0.717, 1.165) is 5.69 Å². The number of hydrogen-bond donors (Lipinski definition) is 1. The van der Waals surface area contributed by atoms with Gasteiger partial charge in [-0.1, -0.05) is 18.2 Å². The smallest absolute Gasteiger partial charge is 0.224 e. The molecule has 0 spiro atoms. The molecule has 1 aromatic carbocycles. The first-order valence-corrected chi connectivity index (χ1v) is 9.82. The highest BCUT2D eigenvalue weighted by molar-refractivity contribution is 7.91. The molecule has 8 heteroatoms. The fourth-order valence-electron chi connectivity index (χ4n) is 2.83. The van der Waals surface area contributed by atoms with Crippen molar-refractivity contribution in [2.75, 3.05) is 12.3 Å². The van der Waals surface area contributed by atoms with Gasteiger partial charge in [0.2, 0.25) is 5.91 Å². The highest BCUT2D eigenvalue weighted by Crippen LogP contribution is 2.19. The maximum absolute atomic E-state index is 12.4. The second-order valence-corrected chi connectivity index (χ2v) is 8.27. The van der Waals surface area contributed by atoms with Crippen LogP contribution in [0.2, 0.25) is 0 Å². The molecule has 2 heterocycles. The van der Waals surface area contributed by atoms with Crippen LogP contribution in [0, 0.1) is 0 Å². The zero-order valence-corrected chi connectivity index (χ0v) is 14.8. The molecule has 1 aliphatic heterocycles. The van der Waals surface area contributed by atoms with Gasteiger partial charge in [-0.3, -0.25) is 9.48 Å². The summed E-state index contributed by atoms with van der Waals surface area (Å²) in [5.74, 6) is -0.393. The lowest BCUT2D eigenvalue weighted by Gasteiger charge is -2.27. The van der Waals surface area contributed by atoms with Crippen molar-refractivity contribution in [1.82, 2.24) is 14.7 Å². The van der Waals surface area contributed by atoms with Crippen LogP contribution in [0.1, 0.15) is 30.8 Å². The number of benzene rings is 1. The van der Waals surface area contributed by atoms with Crippen LogP contribution < -0.4 is 0 Å². The number of nitrogens with zero attached hydrogens (tertiary/aromatic N) is 3. The van der Waals surface area contributed by atoms with Crippen molar-refractivity contribution in [3.63, 3.8) is 0 Å². The van der Waals surface area contributed by atoms with Gasteiger partial charge in [-0.2, -0.15) is 5.10 Å². The molecule has 1 amide bonds. The van der Waals surface area contributed by atoms with Gasteiger partial charge in [0.1, 0.15) is 0 Å². The van der Waals surface area contributed by atoms with Crippen LogP contribution in [-0.2, 0) is 27.7 Å². The molecule has 0 unspecified atom stereocenters. The number of aromatic nitrogens is 2. The van der Waals surface area contributed by atoms with Crippen molar-refractivity contribution in [1.29, 1.82) is 0 Å². The molecule has 1 atom stereocenters. The number of amides is 1. The third-order valence-corrected chi connectivity index (χ3v) is 6.02. The fraction of sp³-hybridized carbons (Fsp3) is 0.412. The molecule has 3 rings (SSSR count). The summed E-state index contributed by atoms with van der Waals surface area (Å²) < 4.78 is 26.4. The minimum atomic E-state index is -3.46. The van der Waals surface area contributed by atoms with Crippen LogP contribution in [0.4, 0.5) is 0 Å². The van der Waals surface area contributed by atoms with Crippen molar-refractivity contribution in [2.45, 2.75) is 37.4 Å². The summed E-state index contributed by atoms with van der Waals surface area (Å²) in [5.41, 5.74) is 1.43. The number of rotatable bonds is 5. The lowest BCUT2D eigenvalue weighted by molar-refractivity contribution is -0.132. The van der Waals surface area contributed by atoms with Gasteiger partial charge in [0.15, 0.2) is 9.84 Å². The van der Waals surface area contributed by atoms with Gasteiger partial charge in [-0.05, 0) is 25.1 Å². The van der Waals surface area contributed by atoms with Crippen LogP contribution in [-0.4, -0.2) is 46.4 Å². The van der Waals surface area contributed by atoms with E-state index in [1.54, 1.807) is 40.8 Å². The second kappa shape index (κ2) is 6.97. The van der Waals surface area contributed by atoms with Gasteiger partial charge in [0.25, 0.3) is 0 Å². The number of hydrogen-bond acceptors (Lipinski definition) is 5. The molecule has 2 aromatic rings. The van der Waals surface area contributed by atoms with Crippen LogP contribution in [0.25, 0.3) is 0 Å². The maximum Gasteiger partial charge on any atom is 0.224 e. The van der Waals surface area contributed by atoms with Crippen molar-refractivity contribution in [3.05, 3.63) is 47.8 Å². The summed E-state index contributed by atoms with van der Waals surface area (Å²) in [6, 6.07) is 9.95. The minimum absolute atomic E-state index is 0.0470. The Kier molecular flexibility index (Phi) is 4.91. The number of carbonyl (C=O) groups excluding carboxylic acids is 1. The third kappa shape index (κ3) is 3.91. The molecule has 0 aliphatic carbocycles. The SMILES string of the molecule is C[C@@H](O)c1cc2n(n1)CCN(C(=O)CCS(=O)(=O)c1ccccc1)C2. The van der Waals surface area contributed by atoms with E-state index in [0.29, 0.717) is 25.3 Å². The standard InChI is InChI=1S/C17H21N3O4S/c1-13(21)16-11-14-12-19(8-9-20(14)18-16)17(22)7-10-25(23,24)15-5-3-2-4-6-15/h2-6,11,13,21H,7-10,12H2,1H3/t13-/m1/s1. The number of aliphatic hydroxyl groups is 1. The molecule has 0 saturated carbocycles. The summed E-state index contributed by atoms with van der Waals surface area (Å²) in [6.07, 6.45) is -0.701. The summed E-state index contributed by atoms with van der Waals surface area (Å²) in [6.45, 7) is 3.05. The van der Waals surface area contributed by atoms with Gasteiger partial charge in [-0.25, -0.2) is 8.42 Å². The lowest BCUT2D eigenvalue weighted by atomic mass is 10.2. The van der Waals surface area contributed by atoms with Gasteiger partial charge < -0.3 is 10.0 Å². The van der Waals surface area contributed by atoms with E-state index in [2.05, 4.69) is 5.10 Å². The monoisotopic (exact) mass is 363 g/mol. The summed E-state index contributed by atoms with van der Waals surface area (Å²) in [4.78, 5) is 14.3. The molecule has 0 fully saturated rings. The average molecular weight is 363 g/mol. The van der Waals surface area contributed by atoms with E-state index in [-0.39, 0.29) is 23.0 Å². The molecule has 0 saturated heterocycles. The molecule has 25 heavy (non-hydrogen) atoms. The zero-order valence-electron chi connectivity index (χ0n) is 14.0. The van der Waals surface area contributed by atoms with Crippen LogP contribution in [0.15, 0.2) is 41.3 Å². The van der Waals surface area contributed by atoms with Crippen LogP contribution >= 0.6 is 0 Å². The Labute approximate surface area is 146 Å². The van der Waals surface area contributed by atoms with Crippen LogP contribution in [0.5, 0.6) is 0 Å². The first kappa shape index (κ1) is 17.6. The second-order valence-electron chi connectivity index (χ2n) is 6.16. The van der Waals surface area contributed by atoms with Gasteiger partial charge in [0, 0.05) is 13.0 Å². The maximum atomic E-state index is 12.4. The molecule has 0 radical (unpaired) electrons. The van der Waals surface area contributed by atoms with E-state index >= 15 is 0 Å². The van der Waals surface area contributed by atoms with Gasteiger partial charge >= 0.3 is 0 Å². The first-order valence-electron chi connectivity index (χ1n) is 8.17. The normalized spacial score (nSPS) is 15.7. The van der Waals surface area contributed by atoms with E-state index in [1.165, 1.54) is 12.1 Å². The highest BCUT2D eigenvalue weighted by Gasteiger charge is 2.24.